The number of aliphatic hydroxyl groups excluding tert-OH is 1. The molecule has 90 valence electrons. The van der Waals surface area contributed by atoms with E-state index < -0.39 is 6.10 Å². The van der Waals surface area contributed by atoms with Crippen LogP contribution in [-0.4, -0.2) is 17.0 Å². The molecule has 0 radical (unpaired) electrons. The van der Waals surface area contributed by atoms with Crippen LogP contribution in [0.25, 0.3) is 0 Å². The van der Waals surface area contributed by atoms with Gasteiger partial charge in [-0.1, -0.05) is 15.9 Å². The molecule has 16 heavy (non-hydrogen) atoms. The van der Waals surface area contributed by atoms with E-state index in [9.17, 15) is 5.11 Å². The zero-order valence-electron chi connectivity index (χ0n) is 10.5. The molecule has 0 aliphatic heterocycles. The van der Waals surface area contributed by atoms with Crippen molar-refractivity contribution in [3.05, 3.63) is 28.3 Å². The number of aliphatic hydroxyl groups is 1. The molecule has 0 aliphatic carbocycles. The lowest BCUT2D eigenvalue weighted by atomic mass is 9.94. The molecule has 3 heteroatoms. The second-order valence-electron chi connectivity index (χ2n) is 4.19. The molecule has 0 amide bonds. The van der Waals surface area contributed by atoms with Gasteiger partial charge in [0.05, 0.1) is 13.2 Å². The first-order valence-electron chi connectivity index (χ1n) is 5.37. The van der Waals surface area contributed by atoms with Crippen LogP contribution in [0.15, 0.2) is 6.07 Å². The van der Waals surface area contributed by atoms with Crippen LogP contribution in [0.2, 0.25) is 0 Å². The van der Waals surface area contributed by atoms with Gasteiger partial charge in [-0.3, -0.25) is 0 Å². The van der Waals surface area contributed by atoms with E-state index in [-0.39, 0.29) is 4.83 Å². The number of rotatable bonds is 3. The Morgan fingerprint density at radius 2 is 1.81 bits per heavy atom. The second-order valence-corrected chi connectivity index (χ2v) is 5.63. The molecular formula is C13H19BrO2. The third-order valence-electron chi connectivity index (χ3n) is 3.02. The van der Waals surface area contributed by atoms with Crippen LogP contribution < -0.4 is 4.74 Å². The molecule has 0 aliphatic rings. The van der Waals surface area contributed by atoms with Crippen LogP contribution in [0.5, 0.6) is 5.75 Å². The van der Waals surface area contributed by atoms with Crippen LogP contribution in [0.4, 0.5) is 0 Å². The lowest BCUT2D eigenvalue weighted by Crippen LogP contribution is -2.11. The van der Waals surface area contributed by atoms with Crippen molar-refractivity contribution in [1.29, 1.82) is 0 Å². The Labute approximate surface area is 106 Å². The monoisotopic (exact) mass is 286 g/mol. The lowest BCUT2D eigenvalue weighted by molar-refractivity contribution is 0.180. The zero-order valence-corrected chi connectivity index (χ0v) is 12.1. The Morgan fingerprint density at radius 1 is 1.25 bits per heavy atom. The number of hydrogen-bond acceptors (Lipinski definition) is 2. The van der Waals surface area contributed by atoms with E-state index in [0.29, 0.717) is 0 Å². The molecule has 2 nitrogen and oxygen atoms in total. The van der Waals surface area contributed by atoms with Gasteiger partial charge >= 0.3 is 0 Å². The van der Waals surface area contributed by atoms with Crippen molar-refractivity contribution in [2.24, 2.45) is 0 Å². The highest BCUT2D eigenvalue weighted by Gasteiger charge is 2.19. The molecule has 2 unspecified atom stereocenters. The van der Waals surface area contributed by atoms with Gasteiger partial charge in [0.2, 0.25) is 0 Å². The molecule has 0 heterocycles. The molecule has 0 fully saturated rings. The Kier molecular flexibility index (Phi) is 4.39. The van der Waals surface area contributed by atoms with Crippen LogP contribution in [0, 0.1) is 20.8 Å². The van der Waals surface area contributed by atoms with E-state index in [1.807, 2.05) is 33.8 Å². The summed E-state index contributed by atoms with van der Waals surface area (Å²) in [4.78, 5) is 0.0402. The highest BCUT2D eigenvalue weighted by Crippen LogP contribution is 2.33. The van der Waals surface area contributed by atoms with Gasteiger partial charge < -0.3 is 9.84 Å². The minimum absolute atomic E-state index is 0.0402. The van der Waals surface area contributed by atoms with Gasteiger partial charge in [-0.2, -0.15) is 0 Å². The summed E-state index contributed by atoms with van der Waals surface area (Å²) < 4.78 is 5.36. The quantitative estimate of drug-likeness (QED) is 0.863. The Balaban J connectivity index is 3.34. The number of hydrogen-bond donors (Lipinski definition) is 1. The first kappa shape index (κ1) is 13.5. The predicted molar refractivity (Wildman–Crippen MR) is 70.6 cm³/mol. The smallest absolute Gasteiger partial charge is 0.124 e. The van der Waals surface area contributed by atoms with Crippen LogP contribution in [0.3, 0.4) is 0 Å². The van der Waals surface area contributed by atoms with E-state index in [1.54, 1.807) is 7.11 Å². The van der Waals surface area contributed by atoms with E-state index in [1.165, 1.54) is 0 Å². The number of ether oxygens (including phenoxy) is 1. The van der Waals surface area contributed by atoms with E-state index in [2.05, 4.69) is 15.9 Å². The first-order valence-corrected chi connectivity index (χ1v) is 6.28. The average molecular weight is 287 g/mol. The average Bonchev–Trinajstić information content (AvgIpc) is 2.23. The van der Waals surface area contributed by atoms with Crippen molar-refractivity contribution >= 4 is 15.9 Å². The van der Waals surface area contributed by atoms with Crippen molar-refractivity contribution in [2.75, 3.05) is 7.11 Å². The fourth-order valence-corrected chi connectivity index (χ4v) is 2.24. The lowest BCUT2D eigenvalue weighted by Gasteiger charge is -2.20. The topological polar surface area (TPSA) is 29.5 Å². The third-order valence-corrected chi connectivity index (χ3v) is 3.52. The Morgan fingerprint density at radius 3 is 2.25 bits per heavy atom. The minimum atomic E-state index is -0.483. The first-order chi connectivity index (χ1) is 7.40. The predicted octanol–water partition coefficient (Wildman–Crippen LogP) is 3.44. The largest absolute Gasteiger partial charge is 0.496 e. The standard InChI is InChI=1S/C13H19BrO2/c1-7-6-11(12(15)10(4)14)8(2)9(3)13(7)16-5/h6,10,12,15H,1-5H3. The SMILES string of the molecule is COc1c(C)cc(C(O)C(C)Br)c(C)c1C. The molecular weight excluding hydrogens is 268 g/mol. The summed E-state index contributed by atoms with van der Waals surface area (Å²) in [5.41, 5.74) is 4.24. The van der Waals surface area contributed by atoms with Crippen molar-refractivity contribution < 1.29 is 9.84 Å². The van der Waals surface area contributed by atoms with E-state index >= 15 is 0 Å². The van der Waals surface area contributed by atoms with Crippen molar-refractivity contribution in [3.63, 3.8) is 0 Å². The van der Waals surface area contributed by atoms with Crippen molar-refractivity contribution in [2.45, 2.75) is 38.6 Å². The highest BCUT2D eigenvalue weighted by atomic mass is 79.9. The van der Waals surface area contributed by atoms with Gasteiger partial charge in [-0.05, 0) is 56.0 Å². The number of halogens is 1. The summed E-state index contributed by atoms with van der Waals surface area (Å²) >= 11 is 3.41. The van der Waals surface area contributed by atoms with E-state index in [4.69, 9.17) is 4.74 Å². The maximum Gasteiger partial charge on any atom is 0.124 e. The molecule has 0 spiro atoms. The second kappa shape index (κ2) is 5.19. The summed E-state index contributed by atoms with van der Waals surface area (Å²) in [5.74, 6) is 0.913. The molecule has 0 aromatic heterocycles. The maximum absolute atomic E-state index is 10.1. The summed E-state index contributed by atoms with van der Waals surface area (Å²) in [6, 6.07) is 2.00. The minimum Gasteiger partial charge on any atom is -0.496 e. The molecule has 1 rings (SSSR count). The number of aryl methyl sites for hydroxylation is 1. The number of benzene rings is 1. The van der Waals surface area contributed by atoms with Crippen LogP contribution >= 0.6 is 15.9 Å². The van der Waals surface area contributed by atoms with Crippen molar-refractivity contribution in [3.8, 4) is 5.75 Å². The van der Waals surface area contributed by atoms with Crippen LogP contribution in [0.1, 0.15) is 35.3 Å². The van der Waals surface area contributed by atoms with Crippen molar-refractivity contribution in [1.82, 2.24) is 0 Å². The third kappa shape index (κ3) is 2.41. The van der Waals surface area contributed by atoms with Gasteiger partial charge in [0.1, 0.15) is 5.75 Å². The van der Waals surface area contributed by atoms with E-state index in [0.717, 1.165) is 28.0 Å². The molecule has 1 aromatic rings. The van der Waals surface area contributed by atoms with Gasteiger partial charge in [0, 0.05) is 4.83 Å². The molecule has 0 saturated carbocycles. The van der Waals surface area contributed by atoms with Gasteiger partial charge in [0.15, 0.2) is 0 Å². The summed E-state index contributed by atoms with van der Waals surface area (Å²) in [6.45, 7) is 7.99. The summed E-state index contributed by atoms with van der Waals surface area (Å²) in [6.07, 6.45) is -0.483. The number of alkyl halides is 1. The molecule has 1 aromatic carbocycles. The Bertz CT molecular complexity index is 386. The van der Waals surface area contributed by atoms with Crippen LogP contribution in [-0.2, 0) is 0 Å². The molecule has 0 saturated heterocycles. The highest BCUT2D eigenvalue weighted by molar-refractivity contribution is 9.09. The Hall–Kier alpha value is -0.540. The fourth-order valence-electron chi connectivity index (χ4n) is 1.96. The summed E-state index contributed by atoms with van der Waals surface area (Å²) in [5, 5.41) is 10.1. The molecule has 1 N–H and O–H groups in total. The zero-order chi connectivity index (χ0) is 12.5. The normalized spacial score (nSPS) is 14.7. The molecule has 0 bridgehead atoms. The van der Waals surface area contributed by atoms with Gasteiger partial charge in [0.25, 0.3) is 0 Å². The molecule has 2 atom stereocenters. The summed E-state index contributed by atoms with van der Waals surface area (Å²) in [7, 11) is 1.68. The van der Waals surface area contributed by atoms with Gasteiger partial charge in [-0.25, -0.2) is 0 Å². The number of methoxy groups -OCH3 is 1. The fraction of sp³-hybridized carbons (Fsp3) is 0.538. The van der Waals surface area contributed by atoms with Gasteiger partial charge in [-0.15, -0.1) is 0 Å². The maximum atomic E-state index is 10.1.